The highest BCUT2D eigenvalue weighted by Gasteiger charge is 2.27. The second-order valence-corrected chi connectivity index (χ2v) is 5.03. The van der Waals surface area contributed by atoms with Crippen LogP contribution in [0.4, 0.5) is 8.78 Å². The minimum absolute atomic E-state index is 0. The number of alkyl halides is 1. The van der Waals surface area contributed by atoms with Gasteiger partial charge in [0.15, 0.2) is 0 Å². The van der Waals surface area contributed by atoms with Gasteiger partial charge < -0.3 is 5.32 Å². The Labute approximate surface area is 127 Å². The Kier molecular flexibility index (Phi) is 6.77. The lowest BCUT2D eigenvalue weighted by atomic mass is 10.0. The topological polar surface area (TPSA) is 15.3 Å². The summed E-state index contributed by atoms with van der Waals surface area (Å²) in [6.45, 7) is 2.16. The van der Waals surface area contributed by atoms with Gasteiger partial charge in [-0.05, 0) is 12.1 Å². The van der Waals surface area contributed by atoms with Crippen molar-refractivity contribution >= 4 is 35.6 Å². The normalized spacial score (nSPS) is 17.9. The first-order chi connectivity index (χ1) is 8.65. The smallest absolute Gasteiger partial charge is 0.148 e. The summed E-state index contributed by atoms with van der Waals surface area (Å²) in [6.07, 6.45) is 0. The Hall–Kier alpha value is -0.130. The molecule has 0 saturated carbocycles. The fourth-order valence-electron chi connectivity index (χ4n) is 2.20. The monoisotopic (exact) mass is 330 g/mol. The van der Waals surface area contributed by atoms with Gasteiger partial charge in [-0.2, -0.15) is 0 Å². The van der Waals surface area contributed by atoms with Gasteiger partial charge in [0.25, 0.3) is 0 Å². The molecule has 1 aromatic carbocycles. The molecule has 2 rings (SSSR count). The predicted molar refractivity (Wildman–Crippen MR) is 76.8 cm³/mol. The molecule has 108 valence electrons. The first-order valence-electron chi connectivity index (χ1n) is 5.79. The number of hydrogen-bond donors (Lipinski definition) is 1. The lowest BCUT2D eigenvalue weighted by molar-refractivity contribution is 0.144. The maximum absolute atomic E-state index is 14.0. The summed E-state index contributed by atoms with van der Waals surface area (Å²) in [4.78, 5) is 1.89. The molecule has 2 nitrogen and oxygen atoms in total. The molecule has 0 spiro atoms. The maximum atomic E-state index is 14.0. The first-order valence-corrected chi connectivity index (χ1v) is 6.55. The van der Waals surface area contributed by atoms with Gasteiger partial charge in [0, 0.05) is 36.8 Å². The van der Waals surface area contributed by atoms with Gasteiger partial charge in [-0.3, -0.25) is 4.90 Å². The Morgan fingerprint density at radius 3 is 2.37 bits per heavy atom. The van der Waals surface area contributed by atoms with Crippen molar-refractivity contribution in [2.45, 2.75) is 6.04 Å². The molecular weight excluding hydrogens is 317 g/mol. The summed E-state index contributed by atoms with van der Waals surface area (Å²) in [5, 5.41) is 3.36. The van der Waals surface area contributed by atoms with Gasteiger partial charge >= 0.3 is 0 Å². The van der Waals surface area contributed by atoms with E-state index in [0.717, 1.165) is 13.1 Å². The Bertz CT molecular complexity index is 426. The van der Waals surface area contributed by atoms with E-state index in [0.29, 0.717) is 13.1 Å². The molecule has 1 heterocycles. The summed E-state index contributed by atoms with van der Waals surface area (Å²) < 4.78 is 27.3. The van der Waals surface area contributed by atoms with Gasteiger partial charge in [0.2, 0.25) is 0 Å². The molecule has 0 amide bonds. The summed E-state index contributed by atoms with van der Waals surface area (Å²) in [5.74, 6) is -0.620. The van der Waals surface area contributed by atoms with Gasteiger partial charge in [-0.15, -0.1) is 12.4 Å². The van der Waals surface area contributed by atoms with Crippen LogP contribution in [0.25, 0.3) is 0 Å². The third kappa shape index (κ3) is 3.70. The van der Waals surface area contributed by atoms with Crippen LogP contribution in [-0.4, -0.2) is 37.8 Å². The van der Waals surface area contributed by atoms with E-state index in [-0.39, 0.29) is 28.0 Å². The van der Waals surface area contributed by atoms with E-state index in [1.165, 1.54) is 12.1 Å². The van der Waals surface area contributed by atoms with Crippen LogP contribution >= 0.6 is 35.6 Å². The lowest BCUT2D eigenvalue weighted by Crippen LogP contribution is -2.46. The van der Waals surface area contributed by atoms with Crippen molar-refractivity contribution in [3.8, 4) is 0 Å². The molecule has 1 fully saturated rings. The standard InChI is InChI=1S/C12H14Cl2F2N2.ClH/c13-8-1-2-9(14)12(16)11(8)10(7-15)18-5-3-17-4-6-18;/h1-2,10,17H,3-7H2;1H/t10-;/m0./s1. The van der Waals surface area contributed by atoms with E-state index in [9.17, 15) is 8.78 Å². The van der Waals surface area contributed by atoms with Crippen molar-refractivity contribution in [1.82, 2.24) is 10.2 Å². The van der Waals surface area contributed by atoms with Crippen molar-refractivity contribution < 1.29 is 8.78 Å². The van der Waals surface area contributed by atoms with E-state index in [2.05, 4.69) is 5.32 Å². The molecule has 1 atom stereocenters. The highest BCUT2D eigenvalue weighted by atomic mass is 35.5. The Balaban J connectivity index is 0.00000180. The molecule has 19 heavy (non-hydrogen) atoms. The Morgan fingerprint density at radius 1 is 1.21 bits per heavy atom. The molecule has 0 aliphatic carbocycles. The van der Waals surface area contributed by atoms with Crippen LogP contribution in [0, 0.1) is 5.82 Å². The van der Waals surface area contributed by atoms with Gasteiger partial charge in [-0.1, -0.05) is 23.2 Å². The van der Waals surface area contributed by atoms with Crippen molar-refractivity contribution in [2.75, 3.05) is 32.9 Å². The van der Waals surface area contributed by atoms with Crippen molar-refractivity contribution in [3.63, 3.8) is 0 Å². The molecule has 0 bridgehead atoms. The molecule has 1 aliphatic heterocycles. The fourth-order valence-corrected chi connectivity index (χ4v) is 2.64. The molecule has 0 unspecified atom stereocenters. The zero-order chi connectivity index (χ0) is 13.1. The van der Waals surface area contributed by atoms with Gasteiger partial charge in [-0.25, -0.2) is 8.78 Å². The van der Waals surface area contributed by atoms with E-state index in [4.69, 9.17) is 23.2 Å². The van der Waals surface area contributed by atoms with Gasteiger partial charge in [0.1, 0.15) is 12.5 Å². The number of benzene rings is 1. The second kappa shape index (κ2) is 7.60. The van der Waals surface area contributed by atoms with E-state index in [1.54, 1.807) is 0 Å². The molecule has 7 heteroatoms. The molecule has 1 aromatic rings. The molecule has 1 N–H and O–H groups in total. The number of rotatable bonds is 3. The summed E-state index contributed by atoms with van der Waals surface area (Å²) in [7, 11) is 0. The fraction of sp³-hybridized carbons (Fsp3) is 0.500. The molecule has 1 saturated heterocycles. The Morgan fingerprint density at radius 2 is 1.79 bits per heavy atom. The number of nitrogens with zero attached hydrogens (tertiary/aromatic N) is 1. The summed E-state index contributed by atoms with van der Waals surface area (Å²) >= 11 is 11.7. The average molecular weight is 332 g/mol. The third-order valence-corrected chi connectivity index (χ3v) is 3.77. The highest BCUT2D eigenvalue weighted by molar-refractivity contribution is 6.33. The van der Waals surface area contributed by atoms with Gasteiger partial charge in [0.05, 0.1) is 11.1 Å². The summed E-state index contributed by atoms with van der Waals surface area (Å²) in [5.41, 5.74) is 0.161. The van der Waals surface area contributed by atoms with Crippen LogP contribution in [0.2, 0.25) is 10.0 Å². The predicted octanol–water partition coefficient (Wildman–Crippen LogP) is 3.47. The quantitative estimate of drug-likeness (QED) is 0.853. The van der Waals surface area contributed by atoms with E-state index in [1.807, 2.05) is 4.90 Å². The number of piperazine rings is 1. The minimum Gasteiger partial charge on any atom is -0.314 e. The molecule has 1 aliphatic rings. The average Bonchev–Trinajstić information content (AvgIpc) is 2.40. The third-order valence-electron chi connectivity index (χ3n) is 3.15. The zero-order valence-corrected chi connectivity index (χ0v) is 12.5. The minimum atomic E-state index is -0.684. The SMILES string of the molecule is Cl.FC[C@@H](c1c(Cl)ccc(Cl)c1F)N1CCNCC1. The zero-order valence-electron chi connectivity index (χ0n) is 10.1. The van der Waals surface area contributed by atoms with E-state index < -0.39 is 18.5 Å². The van der Waals surface area contributed by atoms with Crippen LogP contribution in [-0.2, 0) is 0 Å². The van der Waals surface area contributed by atoms with Crippen molar-refractivity contribution in [3.05, 3.63) is 33.6 Å². The van der Waals surface area contributed by atoms with Crippen LogP contribution in [0.15, 0.2) is 12.1 Å². The number of nitrogens with one attached hydrogen (secondary N) is 1. The lowest BCUT2D eigenvalue weighted by Gasteiger charge is -2.34. The largest absolute Gasteiger partial charge is 0.314 e. The van der Waals surface area contributed by atoms with Crippen LogP contribution in [0.5, 0.6) is 0 Å². The maximum Gasteiger partial charge on any atom is 0.148 e. The van der Waals surface area contributed by atoms with Crippen LogP contribution in [0.1, 0.15) is 11.6 Å². The van der Waals surface area contributed by atoms with Crippen molar-refractivity contribution in [1.29, 1.82) is 0 Å². The van der Waals surface area contributed by atoms with Crippen LogP contribution < -0.4 is 5.32 Å². The van der Waals surface area contributed by atoms with Crippen molar-refractivity contribution in [2.24, 2.45) is 0 Å². The number of halogens is 5. The molecule has 0 radical (unpaired) electrons. The summed E-state index contributed by atoms with van der Waals surface area (Å²) in [6, 6.07) is 2.22. The first kappa shape index (κ1) is 16.9. The second-order valence-electron chi connectivity index (χ2n) is 4.21. The van der Waals surface area contributed by atoms with E-state index >= 15 is 0 Å². The highest BCUT2D eigenvalue weighted by Crippen LogP contribution is 2.34. The van der Waals surface area contributed by atoms with Crippen LogP contribution in [0.3, 0.4) is 0 Å². The molecule has 0 aromatic heterocycles. The number of hydrogen-bond acceptors (Lipinski definition) is 2. The molecular formula is C12H15Cl3F2N2.